The molecule has 1 aliphatic heterocycles. The topological polar surface area (TPSA) is 123 Å². The van der Waals surface area contributed by atoms with Crippen molar-refractivity contribution in [2.75, 3.05) is 38.4 Å². The van der Waals surface area contributed by atoms with Crippen molar-refractivity contribution in [3.8, 4) is 28.7 Å². The number of pyridine rings is 1. The molecular weight excluding hydrogens is 613 g/mol. The number of fused-ring (bicyclic) bond motifs is 2. The number of methoxy groups -OCH3 is 1. The largest absolute Gasteiger partial charge is 0.507 e. The van der Waals surface area contributed by atoms with Gasteiger partial charge in [0.05, 0.1) is 31.1 Å². The van der Waals surface area contributed by atoms with Gasteiger partial charge in [0.15, 0.2) is 23.1 Å². The van der Waals surface area contributed by atoms with Gasteiger partial charge in [-0.15, -0.1) is 0 Å². The van der Waals surface area contributed by atoms with E-state index in [1.54, 1.807) is 37.6 Å². The number of nitrogens with two attached hydrogens (primary N) is 1. The highest BCUT2D eigenvalue weighted by Crippen LogP contribution is 2.38. The molecule has 0 atom stereocenters. The fraction of sp³-hybridized carbons (Fsp3) is 0.270. The molecule has 2 heterocycles. The van der Waals surface area contributed by atoms with E-state index in [0.717, 1.165) is 53.8 Å². The number of carbonyl (C=O) groups is 1. The third kappa shape index (κ3) is 7.26. The van der Waals surface area contributed by atoms with Crippen molar-refractivity contribution >= 4 is 39.6 Å². The number of ether oxygens (including phenoxy) is 3. The predicted octanol–water partition coefficient (Wildman–Crippen LogP) is 7.45. The fourth-order valence-electron chi connectivity index (χ4n) is 5.85. The maximum absolute atomic E-state index is 15.5. The van der Waals surface area contributed by atoms with E-state index in [0.29, 0.717) is 40.3 Å². The van der Waals surface area contributed by atoms with Crippen molar-refractivity contribution < 1.29 is 28.5 Å². The van der Waals surface area contributed by atoms with E-state index >= 15 is 4.39 Å². The number of urea groups is 1. The summed E-state index contributed by atoms with van der Waals surface area (Å²) in [7, 11) is 1.56. The second kappa shape index (κ2) is 14.6. The van der Waals surface area contributed by atoms with E-state index in [2.05, 4.69) is 21.9 Å². The van der Waals surface area contributed by atoms with Crippen molar-refractivity contribution in [2.24, 2.45) is 16.8 Å². The van der Waals surface area contributed by atoms with Gasteiger partial charge in [-0.3, -0.25) is 4.98 Å². The van der Waals surface area contributed by atoms with Gasteiger partial charge in [0.2, 0.25) is 0 Å². The van der Waals surface area contributed by atoms with Crippen LogP contribution in [-0.4, -0.2) is 60.6 Å². The Labute approximate surface area is 278 Å². The maximum Gasteiger partial charge on any atom is 0.340 e. The van der Waals surface area contributed by atoms with Gasteiger partial charge in [-0.25, -0.2) is 9.18 Å². The molecule has 2 amide bonds. The number of likely N-dealkylation sites (tertiary alicyclic amines) is 1. The van der Waals surface area contributed by atoms with Gasteiger partial charge in [-0.05, 0) is 79.4 Å². The fourth-order valence-corrected chi connectivity index (χ4v) is 5.85. The Balaban J connectivity index is 1.18. The zero-order valence-electron chi connectivity index (χ0n) is 26.9. The summed E-state index contributed by atoms with van der Waals surface area (Å²) in [5.74, 6) is 1.37. The molecule has 1 aliphatic rings. The molecule has 1 saturated heterocycles. The number of piperidine rings is 1. The average molecular weight is 652 g/mol. The summed E-state index contributed by atoms with van der Waals surface area (Å²) in [5, 5.41) is 17.7. The number of hydrogen-bond donors (Lipinski definition) is 2. The Morgan fingerprint density at radius 3 is 2.62 bits per heavy atom. The molecule has 0 unspecified atom stereocenters. The number of carbonyl (C=O) groups excluding carboxylic acids is 1. The molecule has 5 aromatic rings. The molecule has 0 saturated carbocycles. The molecule has 6 rings (SSSR count). The van der Waals surface area contributed by atoms with Gasteiger partial charge in [0.25, 0.3) is 0 Å². The minimum Gasteiger partial charge on any atom is -0.507 e. The summed E-state index contributed by atoms with van der Waals surface area (Å²) < 4.78 is 33.2. The van der Waals surface area contributed by atoms with Gasteiger partial charge in [-0.1, -0.05) is 37.3 Å². The molecule has 11 heteroatoms. The van der Waals surface area contributed by atoms with Crippen molar-refractivity contribution in [2.45, 2.75) is 26.2 Å². The average Bonchev–Trinajstić information content (AvgIpc) is 3.09. The molecule has 248 valence electrons. The van der Waals surface area contributed by atoms with E-state index in [4.69, 9.17) is 19.9 Å². The Hall–Kier alpha value is -5.42. The van der Waals surface area contributed by atoms with E-state index in [1.807, 2.05) is 24.3 Å². The number of anilines is 1. The van der Waals surface area contributed by atoms with E-state index < -0.39 is 11.8 Å². The first-order valence-corrected chi connectivity index (χ1v) is 15.9. The van der Waals surface area contributed by atoms with Crippen LogP contribution in [0, 0.1) is 11.7 Å². The number of halogens is 1. The van der Waals surface area contributed by atoms with Crippen LogP contribution in [0.1, 0.15) is 31.7 Å². The lowest BCUT2D eigenvalue weighted by Gasteiger charge is -2.30. The number of hydrogen-bond acceptors (Lipinski definition) is 8. The number of benzene rings is 4. The minimum atomic E-state index is -0.939. The zero-order valence-corrected chi connectivity index (χ0v) is 26.9. The highest BCUT2D eigenvalue weighted by molar-refractivity contribution is 6.03. The standard InChI is InChI=1S/C37H38FN5O5/c1-24-13-17-42(18-14-24)16-5-19-47-36-22-31-28(21-35(36)46-2)33(12-15-40-31)48-34-11-9-26(20-30(34)38)43(37(39)45)41-23-29-27-7-4-3-6-25(27)8-10-32(29)44/h3-4,6-12,15,20-24,44H,5,13-14,16-19H2,1-2H3,(H2,39,45). The van der Waals surface area contributed by atoms with Crippen molar-refractivity contribution in [3.05, 3.63) is 90.4 Å². The monoisotopic (exact) mass is 651 g/mol. The van der Waals surface area contributed by atoms with E-state index in [1.165, 1.54) is 37.3 Å². The summed E-state index contributed by atoms with van der Waals surface area (Å²) in [6, 6.07) is 18.9. The molecule has 0 bridgehead atoms. The van der Waals surface area contributed by atoms with E-state index in [-0.39, 0.29) is 17.2 Å². The number of hydrazone groups is 1. The minimum absolute atomic E-state index is 0.0285. The van der Waals surface area contributed by atoms with Crippen LogP contribution in [0.4, 0.5) is 14.9 Å². The zero-order chi connectivity index (χ0) is 33.6. The molecule has 0 aliphatic carbocycles. The number of nitrogens with zero attached hydrogens (tertiary/aromatic N) is 4. The van der Waals surface area contributed by atoms with Crippen LogP contribution in [0.3, 0.4) is 0 Å². The first-order chi connectivity index (χ1) is 23.3. The van der Waals surface area contributed by atoms with Gasteiger partial charge in [0, 0.05) is 35.8 Å². The highest BCUT2D eigenvalue weighted by atomic mass is 19.1. The van der Waals surface area contributed by atoms with Crippen LogP contribution < -0.4 is 25.0 Å². The Kier molecular flexibility index (Phi) is 9.86. The first kappa shape index (κ1) is 32.5. The first-order valence-electron chi connectivity index (χ1n) is 15.9. The van der Waals surface area contributed by atoms with Gasteiger partial charge in [-0.2, -0.15) is 10.1 Å². The van der Waals surface area contributed by atoms with Gasteiger partial charge >= 0.3 is 6.03 Å². The predicted molar refractivity (Wildman–Crippen MR) is 185 cm³/mol. The number of amides is 2. The van der Waals surface area contributed by atoms with Crippen LogP contribution in [0.25, 0.3) is 21.7 Å². The maximum atomic E-state index is 15.5. The summed E-state index contributed by atoms with van der Waals surface area (Å²) in [6.45, 7) is 6.09. The Morgan fingerprint density at radius 1 is 1.04 bits per heavy atom. The van der Waals surface area contributed by atoms with Crippen LogP contribution in [0.5, 0.6) is 28.7 Å². The SMILES string of the molecule is COc1cc2c(Oc3ccc(N(N=Cc4c(O)ccc5ccccc45)C(N)=O)cc3F)ccnc2cc1OCCCN1CCC(C)CC1. The number of rotatable bonds is 11. The van der Waals surface area contributed by atoms with Crippen molar-refractivity contribution in [1.29, 1.82) is 0 Å². The van der Waals surface area contributed by atoms with Crippen LogP contribution in [0.2, 0.25) is 0 Å². The molecule has 4 aromatic carbocycles. The lowest BCUT2D eigenvalue weighted by molar-refractivity contribution is 0.176. The quantitative estimate of drug-likeness (QED) is 0.0864. The normalized spacial score (nSPS) is 14.1. The second-order valence-electron chi connectivity index (χ2n) is 11.9. The molecule has 1 fully saturated rings. The summed E-state index contributed by atoms with van der Waals surface area (Å²) in [4.78, 5) is 19.3. The van der Waals surface area contributed by atoms with Crippen molar-refractivity contribution in [3.63, 3.8) is 0 Å². The number of phenols is 1. The Bertz CT molecular complexity index is 1960. The Morgan fingerprint density at radius 2 is 1.85 bits per heavy atom. The number of aromatic hydroxyl groups is 1. The lowest BCUT2D eigenvalue weighted by Crippen LogP contribution is -2.34. The van der Waals surface area contributed by atoms with E-state index in [9.17, 15) is 9.90 Å². The summed E-state index contributed by atoms with van der Waals surface area (Å²) >= 11 is 0. The third-order valence-electron chi connectivity index (χ3n) is 8.58. The molecule has 0 radical (unpaired) electrons. The van der Waals surface area contributed by atoms with Crippen molar-refractivity contribution in [1.82, 2.24) is 9.88 Å². The molecule has 48 heavy (non-hydrogen) atoms. The molecule has 1 aromatic heterocycles. The smallest absolute Gasteiger partial charge is 0.340 e. The lowest BCUT2D eigenvalue weighted by atomic mass is 9.99. The van der Waals surface area contributed by atoms with Crippen LogP contribution >= 0.6 is 0 Å². The number of primary amides is 1. The molecule has 3 N–H and O–H groups in total. The number of phenolic OH excluding ortho intramolecular Hbond substituents is 1. The molecular formula is C37H38FN5O5. The molecule has 0 spiro atoms. The number of aromatic nitrogens is 1. The summed E-state index contributed by atoms with van der Waals surface area (Å²) in [6.07, 6.45) is 6.26. The summed E-state index contributed by atoms with van der Waals surface area (Å²) in [5.41, 5.74) is 6.65. The third-order valence-corrected chi connectivity index (χ3v) is 8.58. The second-order valence-corrected chi connectivity index (χ2v) is 11.9. The van der Waals surface area contributed by atoms with Crippen LogP contribution in [-0.2, 0) is 0 Å². The van der Waals surface area contributed by atoms with Gasteiger partial charge < -0.3 is 30.0 Å². The molecule has 10 nitrogen and oxygen atoms in total. The van der Waals surface area contributed by atoms with Crippen LogP contribution in [0.15, 0.2) is 84.1 Å². The highest BCUT2D eigenvalue weighted by Gasteiger charge is 2.18. The van der Waals surface area contributed by atoms with Gasteiger partial charge in [0.1, 0.15) is 11.5 Å².